The highest BCUT2D eigenvalue weighted by Crippen LogP contribution is 2.20. The molecule has 0 aliphatic carbocycles. The molecule has 0 spiro atoms. The molecule has 2 rings (SSSR count). The Morgan fingerprint density at radius 3 is 2.83 bits per heavy atom. The van der Waals surface area contributed by atoms with E-state index < -0.39 is 10.0 Å². The van der Waals surface area contributed by atoms with Crippen LogP contribution in [0.5, 0.6) is 0 Å². The molecule has 1 atom stereocenters. The number of carbonyl (C=O) groups is 1. The van der Waals surface area contributed by atoms with Gasteiger partial charge in [-0.25, -0.2) is 13.6 Å². The lowest BCUT2D eigenvalue weighted by Crippen LogP contribution is -2.27. The van der Waals surface area contributed by atoms with Gasteiger partial charge in [0.15, 0.2) is 0 Å². The summed E-state index contributed by atoms with van der Waals surface area (Å²) in [4.78, 5) is 13.4. The van der Waals surface area contributed by atoms with Gasteiger partial charge in [0, 0.05) is 44.2 Å². The van der Waals surface area contributed by atoms with E-state index in [1.165, 1.54) is 0 Å². The molecule has 1 aromatic heterocycles. The van der Waals surface area contributed by atoms with Gasteiger partial charge >= 0.3 is 0 Å². The van der Waals surface area contributed by atoms with Crippen molar-refractivity contribution in [3.63, 3.8) is 0 Å². The Labute approximate surface area is 106 Å². The summed E-state index contributed by atoms with van der Waals surface area (Å²) in [5.41, 5.74) is 0.933. The molecular weight excluding hydrogens is 256 g/mol. The largest absolute Gasteiger partial charge is 0.338 e. The maximum Gasteiger partial charge on any atom is 0.223 e. The van der Waals surface area contributed by atoms with Gasteiger partial charge in [-0.2, -0.15) is 5.10 Å². The monoisotopic (exact) mass is 272 g/mol. The van der Waals surface area contributed by atoms with Gasteiger partial charge in [0.25, 0.3) is 0 Å². The number of carbonyl (C=O) groups excluding carboxylic acids is 1. The zero-order valence-corrected chi connectivity index (χ0v) is 10.9. The van der Waals surface area contributed by atoms with Crippen molar-refractivity contribution in [1.29, 1.82) is 0 Å². The summed E-state index contributed by atoms with van der Waals surface area (Å²) in [5.74, 6) is -0.376. The van der Waals surface area contributed by atoms with Gasteiger partial charge in [-0.05, 0) is 0 Å². The fourth-order valence-electron chi connectivity index (χ4n) is 2.22. The third-order valence-corrected chi connectivity index (χ3v) is 3.83. The second kappa shape index (κ2) is 4.69. The minimum Gasteiger partial charge on any atom is -0.338 e. The molecule has 18 heavy (non-hydrogen) atoms. The van der Waals surface area contributed by atoms with Crippen molar-refractivity contribution >= 4 is 15.9 Å². The molecule has 8 heteroatoms. The summed E-state index contributed by atoms with van der Waals surface area (Å²) in [6.07, 6.45) is 3.78. The smallest absolute Gasteiger partial charge is 0.223 e. The lowest BCUT2D eigenvalue weighted by atomic mass is 10.1. The molecule has 0 bridgehead atoms. The number of rotatable bonds is 4. The first kappa shape index (κ1) is 13.0. The molecule has 1 amide bonds. The van der Waals surface area contributed by atoms with Crippen molar-refractivity contribution in [1.82, 2.24) is 14.7 Å². The van der Waals surface area contributed by atoms with E-state index in [-0.39, 0.29) is 24.0 Å². The number of hydrogen-bond acceptors (Lipinski definition) is 4. The summed E-state index contributed by atoms with van der Waals surface area (Å²) in [6, 6.07) is 0. The lowest BCUT2D eigenvalue weighted by molar-refractivity contribution is -0.128. The molecule has 1 unspecified atom stereocenters. The maximum absolute atomic E-state index is 11.7. The normalized spacial score (nSPS) is 20.7. The predicted molar refractivity (Wildman–Crippen MR) is 64.7 cm³/mol. The van der Waals surface area contributed by atoms with Crippen LogP contribution < -0.4 is 5.14 Å². The van der Waals surface area contributed by atoms with Crippen molar-refractivity contribution in [3.8, 4) is 0 Å². The Balaban J connectivity index is 1.97. The molecule has 2 N–H and O–H groups in total. The first-order chi connectivity index (χ1) is 8.33. The highest BCUT2D eigenvalue weighted by Gasteiger charge is 2.31. The van der Waals surface area contributed by atoms with Crippen molar-refractivity contribution in [2.45, 2.75) is 13.0 Å². The summed E-state index contributed by atoms with van der Waals surface area (Å²) in [7, 11) is -1.71. The van der Waals surface area contributed by atoms with Crippen LogP contribution in [0.25, 0.3) is 0 Å². The third kappa shape index (κ3) is 3.30. The van der Waals surface area contributed by atoms with E-state index >= 15 is 0 Å². The van der Waals surface area contributed by atoms with Gasteiger partial charge in [0.05, 0.1) is 11.9 Å². The Bertz CT molecular complexity index is 551. The van der Waals surface area contributed by atoms with E-state index in [0.717, 1.165) is 5.56 Å². The summed E-state index contributed by atoms with van der Waals surface area (Å²) in [6.45, 7) is 0.901. The van der Waals surface area contributed by atoms with Crippen LogP contribution in [0, 0.1) is 5.92 Å². The van der Waals surface area contributed by atoms with Crippen LogP contribution in [0.15, 0.2) is 12.4 Å². The zero-order valence-electron chi connectivity index (χ0n) is 10.1. The van der Waals surface area contributed by atoms with Gasteiger partial charge in [-0.3, -0.25) is 9.48 Å². The quantitative estimate of drug-likeness (QED) is 0.764. The first-order valence-corrected chi connectivity index (χ1v) is 7.31. The number of nitrogens with zero attached hydrogens (tertiary/aromatic N) is 3. The number of primary sulfonamides is 1. The molecule has 1 aromatic rings. The minimum atomic E-state index is -3.52. The Kier molecular flexibility index (Phi) is 3.40. The average Bonchev–Trinajstić information content (AvgIpc) is 2.73. The fourth-order valence-corrected chi connectivity index (χ4v) is 3.10. The Morgan fingerprint density at radius 1 is 1.56 bits per heavy atom. The molecule has 7 nitrogen and oxygen atoms in total. The second-order valence-corrected chi connectivity index (χ2v) is 6.36. The Hall–Kier alpha value is -1.41. The minimum absolute atomic E-state index is 0.0347. The number of aromatic nitrogens is 2. The van der Waals surface area contributed by atoms with Gasteiger partial charge < -0.3 is 4.90 Å². The SMILES string of the molecule is Cn1cc(CN2CC(CS(N)(=O)=O)CC2=O)cn1. The lowest BCUT2D eigenvalue weighted by Gasteiger charge is -2.15. The predicted octanol–water partition coefficient (Wildman–Crippen LogP) is -0.943. The summed E-state index contributed by atoms with van der Waals surface area (Å²) < 4.78 is 23.7. The van der Waals surface area contributed by atoms with Crippen LogP contribution >= 0.6 is 0 Å². The number of hydrogen-bond donors (Lipinski definition) is 1. The van der Waals surface area contributed by atoms with Crippen LogP contribution in [-0.2, 0) is 28.4 Å². The molecule has 2 heterocycles. The molecule has 1 aliphatic heterocycles. The highest BCUT2D eigenvalue weighted by molar-refractivity contribution is 7.89. The molecule has 0 radical (unpaired) electrons. The van der Waals surface area contributed by atoms with Crippen LogP contribution in [0.2, 0.25) is 0 Å². The molecular formula is C10H16N4O3S. The van der Waals surface area contributed by atoms with Crippen LogP contribution in [-0.4, -0.2) is 41.3 Å². The van der Waals surface area contributed by atoms with E-state index in [2.05, 4.69) is 5.10 Å². The molecule has 0 aromatic carbocycles. The van der Waals surface area contributed by atoms with Gasteiger partial charge in [-0.1, -0.05) is 0 Å². The van der Waals surface area contributed by atoms with E-state index in [9.17, 15) is 13.2 Å². The summed E-state index contributed by atoms with van der Waals surface area (Å²) in [5, 5.41) is 9.02. The van der Waals surface area contributed by atoms with E-state index in [4.69, 9.17) is 5.14 Å². The zero-order chi connectivity index (χ0) is 13.3. The standard InChI is InChI=1S/C10H16N4O3S/c1-13-4-9(3-12-13)6-14-5-8(2-10(14)15)7-18(11,16)17/h3-4,8H,2,5-7H2,1H3,(H2,11,16,17). The Morgan fingerprint density at radius 2 is 2.28 bits per heavy atom. The van der Waals surface area contributed by atoms with E-state index in [0.29, 0.717) is 13.1 Å². The molecule has 1 aliphatic rings. The second-order valence-electron chi connectivity index (χ2n) is 4.70. The average molecular weight is 272 g/mol. The van der Waals surface area contributed by atoms with E-state index in [1.807, 2.05) is 6.20 Å². The van der Waals surface area contributed by atoms with Gasteiger partial charge in [0.2, 0.25) is 15.9 Å². The fraction of sp³-hybridized carbons (Fsp3) is 0.600. The molecule has 1 saturated heterocycles. The van der Waals surface area contributed by atoms with Crippen LogP contribution in [0.1, 0.15) is 12.0 Å². The molecule has 0 saturated carbocycles. The number of likely N-dealkylation sites (tertiary alicyclic amines) is 1. The van der Waals surface area contributed by atoms with Crippen LogP contribution in [0.4, 0.5) is 0 Å². The summed E-state index contributed by atoms with van der Waals surface area (Å²) >= 11 is 0. The van der Waals surface area contributed by atoms with Gasteiger partial charge in [0.1, 0.15) is 0 Å². The van der Waals surface area contributed by atoms with Crippen molar-refractivity contribution < 1.29 is 13.2 Å². The van der Waals surface area contributed by atoms with Gasteiger partial charge in [-0.15, -0.1) is 0 Å². The van der Waals surface area contributed by atoms with Crippen LogP contribution in [0.3, 0.4) is 0 Å². The van der Waals surface area contributed by atoms with E-state index in [1.54, 1.807) is 22.8 Å². The highest BCUT2D eigenvalue weighted by atomic mass is 32.2. The number of nitrogens with two attached hydrogens (primary N) is 1. The van der Waals surface area contributed by atoms with Crippen molar-refractivity contribution in [2.75, 3.05) is 12.3 Å². The number of amides is 1. The first-order valence-electron chi connectivity index (χ1n) is 5.59. The topological polar surface area (TPSA) is 98.3 Å². The van der Waals surface area contributed by atoms with Crippen molar-refractivity contribution in [3.05, 3.63) is 18.0 Å². The third-order valence-electron chi connectivity index (χ3n) is 2.89. The number of aryl methyl sites for hydroxylation is 1. The number of sulfonamides is 1. The maximum atomic E-state index is 11.7. The molecule has 1 fully saturated rings. The molecule has 100 valence electrons. The van der Waals surface area contributed by atoms with Crippen molar-refractivity contribution in [2.24, 2.45) is 18.1 Å².